The maximum atomic E-state index is 5.43. The summed E-state index contributed by atoms with van der Waals surface area (Å²) in [6, 6.07) is 0. The molecule has 0 bridgehead atoms. The van der Waals surface area contributed by atoms with E-state index in [2.05, 4.69) is 10.1 Å². The molecular weight excluding hydrogens is 178 g/mol. The van der Waals surface area contributed by atoms with Crippen molar-refractivity contribution in [3.05, 3.63) is 11.7 Å². The van der Waals surface area contributed by atoms with Crippen LogP contribution >= 0.6 is 0 Å². The van der Waals surface area contributed by atoms with E-state index in [-0.39, 0.29) is 0 Å². The molecule has 0 aliphatic heterocycles. The van der Waals surface area contributed by atoms with Gasteiger partial charge in [0.1, 0.15) is 0 Å². The van der Waals surface area contributed by atoms with Gasteiger partial charge in [0.15, 0.2) is 5.82 Å². The third-order valence-corrected chi connectivity index (χ3v) is 2.88. The Morgan fingerprint density at radius 1 is 1.21 bits per heavy atom. The molecule has 78 valence electrons. The van der Waals surface area contributed by atoms with Crippen molar-refractivity contribution < 1.29 is 4.52 Å². The highest BCUT2D eigenvalue weighted by atomic mass is 16.5. The first-order chi connectivity index (χ1) is 6.90. The monoisotopic (exact) mass is 195 g/mol. The summed E-state index contributed by atoms with van der Waals surface area (Å²) in [7, 11) is 0. The molecule has 0 radical (unpaired) electrons. The summed E-state index contributed by atoms with van der Waals surface area (Å²) in [6.07, 6.45) is 7.66. The third kappa shape index (κ3) is 2.12. The van der Waals surface area contributed by atoms with Crippen LogP contribution in [0.3, 0.4) is 0 Å². The number of aromatic nitrogens is 2. The van der Waals surface area contributed by atoms with Crippen LogP contribution < -0.4 is 5.73 Å². The Bertz CT molecular complexity index is 277. The molecule has 4 nitrogen and oxygen atoms in total. The molecule has 1 saturated carbocycles. The topological polar surface area (TPSA) is 64.9 Å². The lowest BCUT2D eigenvalue weighted by molar-refractivity contribution is 0.368. The molecule has 0 atom stereocenters. The minimum absolute atomic E-state index is 0.347. The molecule has 14 heavy (non-hydrogen) atoms. The molecule has 2 N–H and O–H groups in total. The highest BCUT2D eigenvalue weighted by Crippen LogP contribution is 2.29. The van der Waals surface area contributed by atoms with Gasteiger partial charge in [0, 0.05) is 5.92 Å². The highest BCUT2D eigenvalue weighted by molar-refractivity contribution is 4.95. The van der Waals surface area contributed by atoms with Crippen LogP contribution in [0.2, 0.25) is 0 Å². The number of hydrogen-bond donors (Lipinski definition) is 1. The van der Waals surface area contributed by atoms with Gasteiger partial charge in [-0.15, -0.1) is 0 Å². The summed E-state index contributed by atoms with van der Waals surface area (Å²) in [4.78, 5) is 4.29. The molecule has 0 unspecified atom stereocenters. The lowest BCUT2D eigenvalue weighted by atomic mass is 10.00. The fourth-order valence-corrected chi connectivity index (χ4v) is 2.05. The SMILES string of the molecule is NCc1nc(C2CCCCCC2)no1. The van der Waals surface area contributed by atoms with Crippen molar-refractivity contribution in [2.24, 2.45) is 5.73 Å². The molecule has 4 heteroatoms. The van der Waals surface area contributed by atoms with Crippen molar-refractivity contribution in [1.82, 2.24) is 10.1 Å². The zero-order valence-corrected chi connectivity index (χ0v) is 8.41. The average molecular weight is 195 g/mol. The van der Waals surface area contributed by atoms with Crippen LogP contribution in [0.15, 0.2) is 4.52 Å². The first-order valence-electron chi connectivity index (χ1n) is 5.42. The Kier molecular flexibility index (Phi) is 3.14. The predicted molar refractivity (Wildman–Crippen MR) is 52.6 cm³/mol. The fraction of sp³-hybridized carbons (Fsp3) is 0.800. The predicted octanol–water partition coefficient (Wildman–Crippen LogP) is 1.97. The quantitative estimate of drug-likeness (QED) is 0.733. The molecule has 1 heterocycles. The van der Waals surface area contributed by atoms with Crippen LogP contribution in [0.25, 0.3) is 0 Å². The van der Waals surface area contributed by atoms with Gasteiger partial charge in [-0.3, -0.25) is 0 Å². The minimum atomic E-state index is 0.347. The fourth-order valence-electron chi connectivity index (χ4n) is 2.05. The Morgan fingerprint density at radius 2 is 1.93 bits per heavy atom. The van der Waals surface area contributed by atoms with Gasteiger partial charge < -0.3 is 10.3 Å². The smallest absolute Gasteiger partial charge is 0.240 e. The van der Waals surface area contributed by atoms with Gasteiger partial charge in [0.25, 0.3) is 0 Å². The molecular formula is C10H17N3O. The Morgan fingerprint density at radius 3 is 2.50 bits per heavy atom. The molecule has 1 fully saturated rings. The Hall–Kier alpha value is -0.900. The Labute approximate surface area is 83.9 Å². The summed E-state index contributed by atoms with van der Waals surface area (Å²) in [6.45, 7) is 0.347. The molecule has 1 aliphatic rings. The second-order valence-corrected chi connectivity index (χ2v) is 3.94. The van der Waals surface area contributed by atoms with Crippen molar-refractivity contribution in [2.45, 2.75) is 51.0 Å². The second kappa shape index (κ2) is 4.55. The van der Waals surface area contributed by atoms with Crippen LogP contribution in [0.1, 0.15) is 56.2 Å². The Balaban J connectivity index is 2.04. The number of nitrogens with zero attached hydrogens (tertiary/aromatic N) is 2. The van der Waals surface area contributed by atoms with Crippen molar-refractivity contribution in [2.75, 3.05) is 0 Å². The van der Waals surface area contributed by atoms with Crippen molar-refractivity contribution in [3.63, 3.8) is 0 Å². The lowest BCUT2D eigenvalue weighted by Gasteiger charge is -2.07. The van der Waals surface area contributed by atoms with Crippen LogP contribution in [-0.4, -0.2) is 10.1 Å². The van der Waals surface area contributed by atoms with E-state index in [1.807, 2.05) is 0 Å². The largest absolute Gasteiger partial charge is 0.338 e. The number of hydrogen-bond acceptors (Lipinski definition) is 4. The van der Waals surface area contributed by atoms with Crippen molar-refractivity contribution >= 4 is 0 Å². The van der Waals surface area contributed by atoms with Crippen LogP contribution in [0, 0.1) is 0 Å². The maximum absolute atomic E-state index is 5.43. The number of rotatable bonds is 2. The van der Waals surface area contributed by atoms with E-state index >= 15 is 0 Å². The van der Waals surface area contributed by atoms with Crippen LogP contribution in [0.4, 0.5) is 0 Å². The normalized spacial score (nSPS) is 19.5. The van der Waals surface area contributed by atoms with E-state index in [0.717, 1.165) is 5.82 Å². The van der Waals surface area contributed by atoms with E-state index in [1.165, 1.54) is 38.5 Å². The average Bonchev–Trinajstić information content (AvgIpc) is 2.53. The molecule has 0 saturated heterocycles. The van der Waals surface area contributed by atoms with E-state index in [4.69, 9.17) is 10.3 Å². The maximum Gasteiger partial charge on any atom is 0.240 e. The summed E-state index contributed by atoms with van der Waals surface area (Å²) < 4.78 is 5.02. The van der Waals surface area contributed by atoms with E-state index in [1.54, 1.807) is 0 Å². The van der Waals surface area contributed by atoms with E-state index in [9.17, 15) is 0 Å². The number of nitrogens with two attached hydrogens (primary N) is 1. The summed E-state index contributed by atoms with van der Waals surface area (Å²) in [5.74, 6) is 1.93. The van der Waals surface area contributed by atoms with Gasteiger partial charge in [-0.25, -0.2) is 0 Å². The van der Waals surface area contributed by atoms with E-state index < -0.39 is 0 Å². The van der Waals surface area contributed by atoms with Crippen LogP contribution in [-0.2, 0) is 6.54 Å². The molecule has 1 aliphatic carbocycles. The summed E-state index contributed by atoms with van der Waals surface area (Å²) in [5, 5.41) is 3.99. The minimum Gasteiger partial charge on any atom is -0.338 e. The van der Waals surface area contributed by atoms with Crippen LogP contribution in [0.5, 0.6) is 0 Å². The molecule has 0 spiro atoms. The van der Waals surface area contributed by atoms with Gasteiger partial charge in [-0.2, -0.15) is 4.98 Å². The molecule has 0 amide bonds. The first kappa shape index (κ1) is 9.65. The first-order valence-corrected chi connectivity index (χ1v) is 5.42. The zero-order chi connectivity index (χ0) is 9.80. The molecule has 1 aromatic rings. The van der Waals surface area contributed by atoms with Crippen molar-refractivity contribution in [1.29, 1.82) is 0 Å². The van der Waals surface area contributed by atoms with E-state index in [0.29, 0.717) is 18.4 Å². The summed E-state index contributed by atoms with van der Waals surface area (Å²) in [5.41, 5.74) is 5.43. The lowest BCUT2D eigenvalue weighted by Crippen LogP contribution is -2.01. The summed E-state index contributed by atoms with van der Waals surface area (Å²) >= 11 is 0. The van der Waals surface area contributed by atoms with Gasteiger partial charge in [0.2, 0.25) is 5.89 Å². The standard InChI is InChI=1S/C10H17N3O/c11-7-9-12-10(13-14-9)8-5-3-1-2-4-6-8/h8H,1-7,11H2. The molecule has 0 aromatic carbocycles. The zero-order valence-electron chi connectivity index (χ0n) is 8.41. The van der Waals surface area contributed by atoms with Gasteiger partial charge in [0.05, 0.1) is 6.54 Å². The van der Waals surface area contributed by atoms with Crippen molar-refractivity contribution in [3.8, 4) is 0 Å². The second-order valence-electron chi connectivity index (χ2n) is 3.94. The molecule has 1 aromatic heterocycles. The highest BCUT2D eigenvalue weighted by Gasteiger charge is 2.19. The van der Waals surface area contributed by atoms with Gasteiger partial charge in [-0.05, 0) is 12.8 Å². The van der Waals surface area contributed by atoms with Gasteiger partial charge >= 0.3 is 0 Å². The van der Waals surface area contributed by atoms with Gasteiger partial charge in [-0.1, -0.05) is 30.8 Å². The third-order valence-electron chi connectivity index (χ3n) is 2.88. The molecule has 2 rings (SSSR count).